The molecular formula is C39H25N. The van der Waals surface area contributed by atoms with E-state index >= 15 is 0 Å². The number of hydrogen-bond acceptors (Lipinski definition) is 1. The van der Waals surface area contributed by atoms with Gasteiger partial charge in [-0.2, -0.15) is 0 Å². The highest BCUT2D eigenvalue weighted by Gasteiger charge is 2.31. The lowest BCUT2D eigenvalue weighted by molar-refractivity contribution is 0.982. The van der Waals surface area contributed by atoms with Gasteiger partial charge in [-0.1, -0.05) is 78.9 Å². The second-order valence-electron chi connectivity index (χ2n) is 11.6. The average molecular weight is 508 g/mol. The van der Waals surface area contributed by atoms with Crippen LogP contribution in [0.25, 0.3) is 83.9 Å². The van der Waals surface area contributed by atoms with Gasteiger partial charge < -0.3 is 0 Å². The van der Waals surface area contributed by atoms with Gasteiger partial charge in [0.25, 0.3) is 0 Å². The fourth-order valence-electron chi connectivity index (χ4n) is 8.17. The van der Waals surface area contributed by atoms with Crippen LogP contribution in [-0.2, 0) is 6.42 Å². The summed E-state index contributed by atoms with van der Waals surface area (Å²) in [6.07, 6.45) is 13.6. The average Bonchev–Trinajstić information content (AvgIpc) is 3.53. The van der Waals surface area contributed by atoms with Gasteiger partial charge in [-0.15, -0.1) is 0 Å². The summed E-state index contributed by atoms with van der Waals surface area (Å²) in [4.78, 5) is 4.94. The molecule has 0 unspecified atom stereocenters. The van der Waals surface area contributed by atoms with Gasteiger partial charge in [0.05, 0.1) is 5.69 Å². The molecule has 186 valence electrons. The van der Waals surface area contributed by atoms with E-state index in [0.717, 1.165) is 25.7 Å². The highest BCUT2D eigenvalue weighted by atomic mass is 14.7. The van der Waals surface area contributed by atoms with Crippen LogP contribution in [0.15, 0.2) is 91.1 Å². The highest BCUT2D eigenvalue weighted by Crippen LogP contribution is 2.51. The molecule has 4 aliphatic carbocycles. The molecule has 40 heavy (non-hydrogen) atoms. The Morgan fingerprint density at radius 3 is 2.58 bits per heavy atom. The zero-order valence-corrected chi connectivity index (χ0v) is 22.1. The molecule has 0 spiro atoms. The number of allylic oxidation sites excluding steroid dienone is 1. The number of benzene rings is 5. The van der Waals surface area contributed by atoms with Crippen LogP contribution in [0, 0.1) is 0 Å². The molecule has 1 heterocycles. The first-order chi connectivity index (χ1) is 19.9. The Bertz CT molecular complexity index is 2320. The molecule has 6 aromatic rings. The molecule has 0 atom stereocenters. The smallest absolute Gasteiger partial charge is 0.0786 e. The summed E-state index contributed by atoms with van der Waals surface area (Å²) in [7, 11) is 0. The first-order valence-electron chi connectivity index (χ1n) is 14.5. The van der Waals surface area contributed by atoms with E-state index in [9.17, 15) is 0 Å². The van der Waals surface area contributed by atoms with Crippen molar-refractivity contribution in [3.05, 3.63) is 118 Å². The summed E-state index contributed by atoms with van der Waals surface area (Å²) in [6.45, 7) is 0. The maximum atomic E-state index is 4.94. The third-order valence-electron chi connectivity index (χ3n) is 9.70. The molecule has 0 saturated heterocycles. The van der Waals surface area contributed by atoms with Crippen LogP contribution < -0.4 is 10.4 Å². The maximum absolute atomic E-state index is 4.94. The molecule has 10 rings (SSSR count). The number of nitrogens with zero attached hydrogens (tertiary/aromatic N) is 1. The van der Waals surface area contributed by atoms with Gasteiger partial charge in [-0.3, -0.25) is 4.98 Å². The monoisotopic (exact) mass is 507 g/mol. The SMILES string of the molecule is C1=Cc2c(c3c4c(c2-c2ccc5c(c2)-c2cccc6cc7ccccc7c-5c26)=CCCC=4c2cccnc2-3)CC1. The molecule has 0 radical (unpaired) electrons. The summed E-state index contributed by atoms with van der Waals surface area (Å²) in [5, 5.41) is 8.26. The fourth-order valence-corrected chi connectivity index (χ4v) is 8.17. The van der Waals surface area contributed by atoms with Crippen molar-refractivity contribution in [1.29, 1.82) is 0 Å². The summed E-state index contributed by atoms with van der Waals surface area (Å²) >= 11 is 0. The minimum absolute atomic E-state index is 1.08. The van der Waals surface area contributed by atoms with Crippen LogP contribution in [0.3, 0.4) is 0 Å². The van der Waals surface area contributed by atoms with Crippen LogP contribution in [0.2, 0.25) is 0 Å². The van der Waals surface area contributed by atoms with Gasteiger partial charge in [0.15, 0.2) is 0 Å². The number of hydrogen-bond donors (Lipinski definition) is 0. The molecule has 0 aliphatic heterocycles. The van der Waals surface area contributed by atoms with Crippen LogP contribution in [0.4, 0.5) is 0 Å². The van der Waals surface area contributed by atoms with Gasteiger partial charge in [-0.25, -0.2) is 0 Å². The van der Waals surface area contributed by atoms with E-state index in [4.69, 9.17) is 4.98 Å². The standard InChI is InChI=1S/C39H25N/c1-2-10-25-22(8-1)20-23-9-5-13-29-33-21-24(17-18-30(33)36(25)35(23)29)34-26-11-3-4-12-27(26)38-37-28(14-6-15-32(34)37)31-16-7-19-40-39(31)38/h1-3,5,7-11,13,15-21H,4,6,12,14H2. The highest BCUT2D eigenvalue weighted by molar-refractivity contribution is 6.24. The molecule has 0 bridgehead atoms. The zero-order chi connectivity index (χ0) is 25.9. The van der Waals surface area contributed by atoms with Gasteiger partial charge in [0.2, 0.25) is 0 Å². The van der Waals surface area contributed by atoms with Gasteiger partial charge in [0, 0.05) is 17.3 Å². The Morgan fingerprint density at radius 1 is 0.650 bits per heavy atom. The Kier molecular flexibility index (Phi) is 3.94. The Morgan fingerprint density at radius 2 is 1.57 bits per heavy atom. The first-order valence-corrected chi connectivity index (χ1v) is 14.5. The predicted octanol–water partition coefficient (Wildman–Crippen LogP) is 8.42. The first kappa shape index (κ1) is 21.1. The fraction of sp³-hybridized carbons (Fsp3) is 0.103. The summed E-state index contributed by atoms with van der Waals surface area (Å²) < 4.78 is 0. The van der Waals surface area contributed by atoms with Crippen molar-refractivity contribution in [1.82, 2.24) is 4.98 Å². The van der Waals surface area contributed by atoms with E-state index in [0.29, 0.717) is 0 Å². The van der Waals surface area contributed by atoms with E-state index in [1.54, 1.807) is 0 Å². The lowest BCUT2D eigenvalue weighted by Crippen LogP contribution is -2.34. The van der Waals surface area contributed by atoms with Crippen molar-refractivity contribution in [2.45, 2.75) is 25.7 Å². The van der Waals surface area contributed by atoms with E-state index in [-0.39, 0.29) is 0 Å². The van der Waals surface area contributed by atoms with Gasteiger partial charge in [0.1, 0.15) is 0 Å². The normalized spacial score (nSPS) is 15.2. The predicted molar refractivity (Wildman–Crippen MR) is 167 cm³/mol. The van der Waals surface area contributed by atoms with Crippen molar-refractivity contribution in [2.24, 2.45) is 0 Å². The number of pyridine rings is 1. The van der Waals surface area contributed by atoms with E-state index < -0.39 is 0 Å². The van der Waals surface area contributed by atoms with Crippen molar-refractivity contribution >= 4 is 39.3 Å². The van der Waals surface area contributed by atoms with Gasteiger partial charge >= 0.3 is 0 Å². The third-order valence-corrected chi connectivity index (χ3v) is 9.70. The molecular weight excluding hydrogens is 482 g/mol. The van der Waals surface area contributed by atoms with Crippen LogP contribution in [0.1, 0.15) is 36.0 Å². The minimum atomic E-state index is 1.08. The summed E-state index contributed by atoms with van der Waals surface area (Å²) in [6, 6.07) is 29.7. The van der Waals surface area contributed by atoms with Crippen molar-refractivity contribution in [2.75, 3.05) is 0 Å². The van der Waals surface area contributed by atoms with Crippen molar-refractivity contribution in [3.8, 4) is 44.6 Å². The zero-order valence-electron chi connectivity index (χ0n) is 22.1. The quantitative estimate of drug-likeness (QED) is 0.203. The van der Waals surface area contributed by atoms with E-state index in [1.807, 2.05) is 6.20 Å². The molecule has 4 aliphatic rings. The summed E-state index contributed by atoms with van der Waals surface area (Å²) in [5.74, 6) is 0. The number of rotatable bonds is 1. The molecule has 1 aromatic heterocycles. The topological polar surface area (TPSA) is 12.9 Å². The van der Waals surface area contributed by atoms with E-state index in [1.165, 1.54) is 98.9 Å². The molecule has 1 heteroatoms. The van der Waals surface area contributed by atoms with Crippen molar-refractivity contribution < 1.29 is 0 Å². The second-order valence-corrected chi connectivity index (χ2v) is 11.6. The Hall–Kier alpha value is -4.75. The Labute approximate surface area is 232 Å². The third kappa shape index (κ3) is 2.52. The largest absolute Gasteiger partial charge is 0.256 e. The molecule has 5 aromatic carbocycles. The second kappa shape index (κ2) is 7.46. The molecule has 0 fully saturated rings. The molecule has 0 N–H and O–H groups in total. The lowest BCUT2D eigenvalue weighted by Gasteiger charge is -2.22. The van der Waals surface area contributed by atoms with Crippen LogP contribution >= 0.6 is 0 Å². The number of fused-ring (bicyclic) bond motifs is 10. The molecule has 0 amide bonds. The number of aromatic nitrogens is 1. The molecule has 1 nitrogen and oxygen atoms in total. The summed E-state index contributed by atoms with van der Waals surface area (Å²) in [5.41, 5.74) is 16.6. The van der Waals surface area contributed by atoms with Gasteiger partial charge in [-0.05, 0) is 126 Å². The van der Waals surface area contributed by atoms with Crippen LogP contribution in [-0.4, -0.2) is 4.98 Å². The minimum Gasteiger partial charge on any atom is -0.256 e. The Balaban J connectivity index is 1.31. The van der Waals surface area contributed by atoms with Crippen molar-refractivity contribution in [3.63, 3.8) is 0 Å². The van der Waals surface area contributed by atoms with E-state index in [2.05, 4.69) is 97.1 Å². The maximum Gasteiger partial charge on any atom is 0.0786 e. The lowest BCUT2D eigenvalue weighted by atomic mass is 9.82. The molecule has 0 saturated carbocycles. The van der Waals surface area contributed by atoms with Crippen LogP contribution in [0.5, 0.6) is 0 Å².